The molecule has 0 unspecified atom stereocenters. The summed E-state index contributed by atoms with van der Waals surface area (Å²) in [5.74, 6) is 0. The first-order valence-electron chi connectivity index (χ1n) is 7.23. The predicted molar refractivity (Wildman–Crippen MR) is 99.2 cm³/mol. The van der Waals surface area contributed by atoms with Gasteiger partial charge in [0.25, 0.3) is 0 Å². The smallest absolute Gasteiger partial charge is 0.178 e. The highest BCUT2D eigenvalue weighted by Crippen LogP contribution is 2.08. The van der Waals surface area contributed by atoms with E-state index in [0.717, 1.165) is 0 Å². The van der Waals surface area contributed by atoms with Crippen molar-refractivity contribution in [2.75, 3.05) is 0 Å². The minimum atomic E-state index is -2.31. The van der Waals surface area contributed by atoms with Gasteiger partial charge in [0.1, 0.15) is 0 Å². The van der Waals surface area contributed by atoms with Crippen LogP contribution in [0.3, 0.4) is 0 Å². The van der Waals surface area contributed by atoms with Crippen molar-refractivity contribution in [1.82, 2.24) is 0 Å². The van der Waals surface area contributed by atoms with E-state index < -0.39 is 8.07 Å². The SMILES string of the molecule is OP=C[Si](c1ccccc1)(c1ccccc1)c1ccccc1. The Morgan fingerprint density at radius 2 is 0.909 bits per heavy atom. The quantitative estimate of drug-likeness (QED) is 0.444. The molecule has 0 heterocycles. The normalized spacial score (nSPS) is 11.7. The number of benzene rings is 3. The summed E-state index contributed by atoms with van der Waals surface area (Å²) in [4.78, 5) is 9.74. The van der Waals surface area contributed by atoms with E-state index in [2.05, 4.69) is 78.2 Å². The molecule has 0 saturated heterocycles. The van der Waals surface area contributed by atoms with Crippen molar-refractivity contribution in [1.29, 1.82) is 0 Å². The van der Waals surface area contributed by atoms with Crippen LogP contribution in [0.25, 0.3) is 0 Å². The van der Waals surface area contributed by atoms with Crippen LogP contribution in [-0.4, -0.2) is 18.4 Å². The average molecular weight is 320 g/mol. The summed E-state index contributed by atoms with van der Waals surface area (Å²) in [6.07, 6.45) is 0. The van der Waals surface area contributed by atoms with Gasteiger partial charge in [0.05, 0.1) is 0 Å². The average Bonchev–Trinajstić information content (AvgIpc) is 2.62. The first-order valence-corrected chi connectivity index (χ1v) is 10.2. The van der Waals surface area contributed by atoms with E-state index in [-0.39, 0.29) is 0 Å². The molecule has 0 aliphatic carbocycles. The fraction of sp³-hybridized carbons (Fsp3) is 0. The maximum Gasteiger partial charge on any atom is 0.178 e. The summed E-state index contributed by atoms with van der Waals surface area (Å²) < 4.78 is 0. The lowest BCUT2D eigenvalue weighted by Gasteiger charge is -2.29. The van der Waals surface area contributed by atoms with Gasteiger partial charge in [0.15, 0.2) is 8.07 Å². The Hall–Kier alpha value is -1.99. The Bertz CT molecular complexity index is 645. The van der Waals surface area contributed by atoms with Crippen molar-refractivity contribution >= 4 is 37.5 Å². The lowest BCUT2D eigenvalue weighted by atomic mass is 10.3. The van der Waals surface area contributed by atoms with Crippen molar-refractivity contribution in [2.24, 2.45) is 0 Å². The van der Waals surface area contributed by atoms with E-state index in [1.54, 1.807) is 0 Å². The van der Waals surface area contributed by atoms with Gasteiger partial charge in [-0.1, -0.05) is 91.0 Å². The predicted octanol–water partition coefficient (Wildman–Crippen LogP) is 2.35. The molecule has 0 aromatic heterocycles. The van der Waals surface area contributed by atoms with Crippen molar-refractivity contribution in [3.8, 4) is 0 Å². The van der Waals surface area contributed by atoms with E-state index in [0.29, 0.717) is 8.43 Å². The van der Waals surface area contributed by atoms with Crippen LogP contribution in [0.15, 0.2) is 91.0 Å². The van der Waals surface area contributed by atoms with Crippen LogP contribution in [0.4, 0.5) is 0 Å². The van der Waals surface area contributed by atoms with Crippen LogP contribution < -0.4 is 15.6 Å². The van der Waals surface area contributed by atoms with Crippen molar-refractivity contribution in [2.45, 2.75) is 0 Å². The second-order valence-electron chi connectivity index (χ2n) is 5.15. The monoisotopic (exact) mass is 320 g/mol. The molecular weight excluding hydrogens is 303 g/mol. The van der Waals surface area contributed by atoms with Crippen molar-refractivity contribution < 1.29 is 4.89 Å². The van der Waals surface area contributed by atoms with Crippen LogP contribution in [0.2, 0.25) is 0 Å². The molecule has 0 spiro atoms. The molecule has 0 aliphatic rings. The molecule has 0 bridgehead atoms. The summed E-state index contributed by atoms with van der Waals surface area (Å²) in [6.45, 7) is 0. The first kappa shape index (κ1) is 14.9. The molecule has 0 atom stereocenters. The number of rotatable bonds is 4. The fourth-order valence-electron chi connectivity index (χ4n) is 2.91. The van der Waals surface area contributed by atoms with Crippen LogP contribution in [0.1, 0.15) is 0 Å². The molecule has 1 N–H and O–H groups in total. The third kappa shape index (κ3) is 2.69. The molecule has 108 valence electrons. The summed E-state index contributed by atoms with van der Waals surface area (Å²) in [7, 11) is -1.99. The van der Waals surface area contributed by atoms with Gasteiger partial charge in [0, 0.05) is 8.43 Å². The molecule has 1 nitrogen and oxygen atoms in total. The molecule has 3 aromatic carbocycles. The Balaban J connectivity index is 2.34. The van der Waals surface area contributed by atoms with Gasteiger partial charge in [-0.15, -0.1) is 0 Å². The number of hydrogen-bond acceptors (Lipinski definition) is 1. The zero-order valence-electron chi connectivity index (χ0n) is 12.1. The number of hydrogen-bond donors (Lipinski definition) is 1. The van der Waals surface area contributed by atoms with E-state index in [1.807, 2.05) is 18.2 Å². The molecule has 0 aliphatic heterocycles. The zero-order chi connectivity index (χ0) is 15.3. The molecule has 0 amide bonds. The molecule has 0 fully saturated rings. The van der Waals surface area contributed by atoms with Gasteiger partial charge in [-0.2, -0.15) is 0 Å². The second kappa shape index (κ2) is 6.84. The lowest BCUT2D eigenvalue weighted by Crippen LogP contribution is -2.68. The minimum absolute atomic E-state index is 0.326. The van der Waals surface area contributed by atoms with Crippen LogP contribution in [0, 0.1) is 0 Å². The van der Waals surface area contributed by atoms with Crippen LogP contribution in [0.5, 0.6) is 0 Å². The first-order chi connectivity index (χ1) is 10.9. The Morgan fingerprint density at radius 3 is 1.18 bits per heavy atom. The molecular formula is C19H17OPSi. The largest absolute Gasteiger partial charge is 0.342 e. The van der Waals surface area contributed by atoms with E-state index in [4.69, 9.17) is 0 Å². The van der Waals surface area contributed by atoms with Crippen LogP contribution >= 0.6 is 8.43 Å². The minimum Gasteiger partial charge on any atom is -0.342 e. The third-order valence-corrected chi connectivity index (χ3v) is 9.68. The highest BCUT2D eigenvalue weighted by Gasteiger charge is 2.37. The highest BCUT2D eigenvalue weighted by molar-refractivity contribution is 7.49. The summed E-state index contributed by atoms with van der Waals surface area (Å²) in [5.41, 5.74) is 2.09. The standard InChI is InChI=1S/C19H17OPSi/c20-21-16-22(17-10-4-1-5-11-17,18-12-6-2-7-13-18)19-14-8-3-9-15-19/h1-16,20H. The van der Waals surface area contributed by atoms with E-state index >= 15 is 0 Å². The summed E-state index contributed by atoms with van der Waals surface area (Å²) in [5, 5.41) is 3.86. The van der Waals surface area contributed by atoms with Gasteiger partial charge in [0.2, 0.25) is 0 Å². The topological polar surface area (TPSA) is 20.2 Å². The molecule has 0 radical (unpaired) electrons. The molecule has 0 saturated carbocycles. The van der Waals surface area contributed by atoms with E-state index in [9.17, 15) is 4.89 Å². The maximum absolute atomic E-state index is 9.74. The van der Waals surface area contributed by atoms with Gasteiger partial charge in [-0.3, -0.25) is 0 Å². The molecule has 22 heavy (non-hydrogen) atoms. The van der Waals surface area contributed by atoms with E-state index in [1.165, 1.54) is 15.6 Å². The second-order valence-corrected chi connectivity index (χ2v) is 9.76. The summed E-state index contributed by atoms with van der Waals surface area (Å²) >= 11 is 0. The Kier molecular flexibility index (Phi) is 4.64. The van der Waals surface area contributed by atoms with Gasteiger partial charge in [-0.05, 0) is 21.0 Å². The Labute approximate surface area is 133 Å². The van der Waals surface area contributed by atoms with Gasteiger partial charge < -0.3 is 4.89 Å². The summed E-state index contributed by atoms with van der Waals surface area (Å²) in [6, 6.07) is 31.6. The highest BCUT2D eigenvalue weighted by atomic mass is 31.1. The van der Waals surface area contributed by atoms with Crippen molar-refractivity contribution in [3.05, 3.63) is 91.0 Å². The molecule has 3 rings (SSSR count). The van der Waals surface area contributed by atoms with Gasteiger partial charge >= 0.3 is 0 Å². The fourth-order valence-corrected chi connectivity index (χ4v) is 8.55. The molecule has 3 heteroatoms. The molecule has 3 aromatic rings. The zero-order valence-corrected chi connectivity index (χ0v) is 14.0. The maximum atomic E-state index is 9.74. The lowest BCUT2D eigenvalue weighted by molar-refractivity contribution is 0.661. The van der Waals surface area contributed by atoms with Gasteiger partial charge in [-0.25, -0.2) is 0 Å². The Morgan fingerprint density at radius 1 is 0.591 bits per heavy atom. The van der Waals surface area contributed by atoms with Crippen molar-refractivity contribution in [3.63, 3.8) is 0 Å². The van der Waals surface area contributed by atoms with Crippen LogP contribution in [-0.2, 0) is 0 Å². The third-order valence-electron chi connectivity index (χ3n) is 3.94.